The number of imide groups is 2. The largest absolute Gasteiger partial charge is 0.335 e. The van der Waals surface area contributed by atoms with Crippen LogP contribution < -0.4 is 16.0 Å². The summed E-state index contributed by atoms with van der Waals surface area (Å²) in [6.45, 7) is 0.494. The fourth-order valence-electron chi connectivity index (χ4n) is 3.68. The summed E-state index contributed by atoms with van der Waals surface area (Å²) in [6.07, 6.45) is 4.75. The molecule has 0 bridgehead atoms. The molecule has 1 aliphatic carbocycles. The van der Waals surface area contributed by atoms with Crippen LogP contribution in [0.3, 0.4) is 0 Å². The molecule has 3 N–H and O–H groups in total. The third-order valence-corrected chi connectivity index (χ3v) is 5.24. The van der Waals surface area contributed by atoms with E-state index in [4.69, 9.17) is 0 Å². The zero-order chi connectivity index (χ0) is 21.2. The van der Waals surface area contributed by atoms with E-state index in [1.807, 2.05) is 0 Å². The van der Waals surface area contributed by atoms with Gasteiger partial charge in [0.1, 0.15) is 23.7 Å². The van der Waals surface area contributed by atoms with Crippen molar-refractivity contribution in [3.8, 4) is 0 Å². The maximum atomic E-state index is 14.1. The molecule has 3 rings (SSSR count). The van der Waals surface area contributed by atoms with E-state index in [0.29, 0.717) is 4.90 Å². The minimum absolute atomic E-state index is 0.0208. The predicted octanol–water partition coefficient (Wildman–Crippen LogP) is 1.89. The summed E-state index contributed by atoms with van der Waals surface area (Å²) >= 11 is 0. The molecule has 1 aromatic carbocycles. The molecule has 6 amide bonds. The highest BCUT2D eigenvalue weighted by molar-refractivity contribution is 6.10. The Morgan fingerprint density at radius 1 is 1.21 bits per heavy atom. The van der Waals surface area contributed by atoms with E-state index >= 15 is 0 Å². The van der Waals surface area contributed by atoms with Crippen molar-refractivity contribution in [2.45, 2.75) is 50.6 Å². The SMILES string of the molecule is C[C@]1(c2cc(F)ccc2F)NC(=O)N(CC(=O)NC(=O)NC2CCCCC2)C1=O. The summed E-state index contributed by atoms with van der Waals surface area (Å²) in [7, 11) is 0. The van der Waals surface area contributed by atoms with Crippen LogP contribution >= 0.6 is 0 Å². The normalized spacial score (nSPS) is 22.4. The Labute approximate surface area is 166 Å². The van der Waals surface area contributed by atoms with Crippen molar-refractivity contribution in [1.82, 2.24) is 20.9 Å². The number of urea groups is 2. The molecule has 2 fully saturated rings. The van der Waals surface area contributed by atoms with Gasteiger partial charge in [0.2, 0.25) is 5.91 Å². The van der Waals surface area contributed by atoms with Crippen LogP contribution in [0, 0.1) is 11.6 Å². The van der Waals surface area contributed by atoms with E-state index in [1.54, 1.807) is 0 Å². The number of rotatable bonds is 4. The van der Waals surface area contributed by atoms with Crippen LogP contribution in [0.2, 0.25) is 0 Å². The highest BCUT2D eigenvalue weighted by Crippen LogP contribution is 2.31. The van der Waals surface area contributed by atoms with Crippen molar-refractivity contribution in [1.29, 1.82) is 0 Å². The highest BCUT2D eigenvalue weighted by atomic mass is 19.1. The van der Waals surface area contributed by atoms with E-state index in [1.165, 1.54) is 6.92 Å². The first-order valence-corrected chi connectivity index (χ1v) is 9.40. The van der Waals surface area contributed by atoms with Crippen molar-refractivity contribution in [3.05, 3.63) is 35.4 Å². The Morgan fingerprint density at radius 3 is 2.59 bits per heavy atom. The summed E-state index contributed by atoms with van der Waals surface area (Å²) in [5.41, 5.74) is -2.22. The second-order valence-corrected chi connectivity index (χ2v) is 7.43. The zero-order valence-electron chi connectivity index (χ0n) is 15.9. The molecule has 1 saturated heterocycles. The summed E-state index contributed by atoms with van der Waals surface area (Å²) in [5.74, 6) is -3.44. The molecule has 8 nitrogen and oxygen atoms in total. The molecule has 1 aliphatic heterocycles. The number of halogens is 2. The molecule has 0 radical (unpaired) electrons. The maximum absolute atomic E-state index is 14.1. The minimum atomic E-state index is -1.87. The zero-order valence-corrected chi connectivity index (χ0v) is 15.9. The van der Waals surface area contributed by atoms with Gasteiger partial charge in [-0.2, -0.15) is 0 Å². The maximum Gasteiger partial charge on any atom is 0.325 e. The van der Waals surface area contributed by atoms with Gasteiger partial charge in [-0.05, 0) is 38.0 Å². The van der Waals surface area contributed by atoms with E-state index < -0.39 is 47.6 Å². The third kappa shape index (κ3) is 4.36. The van der Waals surface area contributed by atoms with Crippen LogP contribution in [0.15, 0.2) is 18.2 Å². The fourth-order valence-corrected chi connectivity index (χ4v) is 3.68. The lowest BCUT2D eigenvalue weighted by molar-refractivity contribution is -0.134. The lowest BCUT2D eigenvalue weighted by Crippen LogP contribution is -2.49. The molecule has 2 aliphatic rings. The molecule has 1 atom stereocenters. The predicted molar refractivity (Wildman–Crippen MR) is 97.5 cm³/mol. The Bertz CT molecular complexity index is 857. The molecule has 156 valence electrons. The van der Waals surface area contributed by atoms with Gasteiger partial charge in [0.05, 0.1) is 0 Å². The summed E-state index contributed by atoms with van der Waals surface area (Å²) in [6, 6.07) is 0.888. The number of benzene rings is 1. The lowest BCUT2D eigenvalue weighted by atomic mass is 9.91. The Balaban J connectivity index is 1.64. The van der Waals surface area contributed by atoms with Gasteiger partial charge in [0.25, 0.3) is 5.91 Å². The molecular weight excluding hydrogens is 386 g/mol. The average Bonchev–Trinajstić information content (AvgIpc) is 2.88. The topological polar surface area (TPSA) is 108 Å². The lowest BCUT2D eigenvalue weighted by Gasteiger charge is -2.23. The van der Waals surface area contributed by atoms with Crippen molar-refractivity contribution in [3.63, 3.8) is 0 Å². The molecule has 1 heterocycles. The van der Waals surface area contributed by atoms with E-state index in [9.17, 15) is 28.0 Å². The molecule has 10 heteroatoms. The minimum Gasteiger partial charge on any atom is -0.335 e. The van der Waals surface area contributed by atoms with Gasteiger partial charge in [-0.1, -0.05) is 19.3 Å². The number of nitrogens with zero attached hydrogens (tertiary/aromatic N) is 1. The van der Waals surface area contributed by atoms with Crippen LogP contribution in [0.5, 0.6) is 0 Å². The van der Waals surface area contributed by atoms with Gasteiger partial charge >= 0.3 is 12.1 Å². The van der Waals surface area contributed by atoms with Crippen molar-refractivity contribution in [2.75, 3.05) is 6.54 Å². The first kappa shape index (κ1) is 20.7. The van der Waals surface area contributed by atoms with Crippen LogP contribution in [-0.2, 0) is 15.1 Å². The quantitative estimate of drug-likeness (QED) is 0.661. The summed E-state index contributed by atoms with van der Waals surface area (Å²) < 4.78 is 27.7. The van der Waals surface area contributed by atoms with Gasteiger partial charge < -0.3 is 10.6 Å². The number of carbonyl (C=O) groups is 4. The first-order valence-electron chi connectivity index (χ1n) is 9.40. The highest BCUT2D eigenvalue weighted by Gasteiger charge is 2.51. The molecule has 0 aromatic heterocycles. The van der Waals surface area contributed by atoms with Gasteiger partial charge in [-0.15, -0.1) is 0 Å². The molecule has 0 spiro atoms. The average molecular weight is 408 g/mol. The molecular formula is C19H22F2N4O4. The first-order chi connectivity index (χ1) is 13.7. The van der Waals surface area contributed by atoms with Crippen LogP contribution in [0.4, 0.5) is 18.4 Å². The second-order valence-electron chi connectivity index (χ2n) is 7.43. The number of nitrogens with one attached hydrogen (secondary N) is 3. The smallest absolute Gasteiger partial charge is 0.325 e. The van der Waals surface area contributed by atoms with Crippen molar-refractivity contribution in [2.24, 2.45) is 0 Å². The van der Waals surface area contributed by atoms with E-state index in [0.717, 1.165) is 50.3 Å². The molecule has 0 unspecified atom stereocenters. The molecule has 1 aromatic rings. The van der Waals surface area contributed by atoms with E-state index in [2.05, 4.69) is 16.0 Å². The second kappa shape index (κ2) is 8.14. The van der Waals surface area contributed by atoms with Crippen molar-refractivity contribution < 1.29 is 28.0 Å². The van der Waals surface area contributed by atoms with Gasteiger partial charge in [0.15, 0.2) is 0 Å². The van der Waals surface area contributed by atoms with Crippen LogP contribution in [-0.4, -0.2) is 41.4 Å². The Morgan fingerprint density at radius 2 is 1.90 bits per heavy atom. The number of hydrogen-bond acceptors (Lipinski definition) is 4. The van der Waals surface area contributed by atoms with Crippen molar-refractivity contribution >= 4 is 23.9 Å². The van der Waals surface area contributed by atoms with Gasteiger partial charge in [-0.3, -0.25) is 19.8 Å². The van der Waals surface area contributed by atoms with Gasteiger partial charge in [0, 0.05) is 11.6 Å². The van der Waals surface area contributed by atoms with E-state index in [-0.39, 0.29) is 11.6 Å². The number of carbonyl (C=O) groups excluding carboxylic acids is 4. The Kier molecular flexibility index (Phi) is 5.81. The Hall–Kier alpha value is -3.04. The standard InChI is InChI=1S/C19H22F2N4O4/c1-19(13-9-11(20)7-8-14(13)21)16(27)25(18(29)24-19)10-15(26)23-17(28)22-12-5-3-2-4-6-12/h7-9,12H,2-6,10H2,1H3,(H,24,29)(H2,22,23,26,28)/t19-/m1/s1. The molecule has 1 saturated carbocycles. The molecule has 29 heavy (non-hydrogen) atoms. The fraction of sp³-hybridized carbons (Fsp3) is 0.474. The summed E-state index contributed by atoms with van der Waals surface area (Å²) in [5, 5.41) is 7.06. The number of hydrogen-bond donors (Lipinski definition) is 3. The third-order valence-electron chi connectivity index (χ3n) is 5.24. The van der Waals surface area contributed by atoms with Crippen LogP contribution in [0.1, 0.15) is 44.6 Å². The summed E-state index contributed by atoms with van der Waals surface area (Å²) in [4.78, 5) is 49.6. The van der Waals surface area contributed by atoms with Gasteiger partial charge in [-0.25, -0.2) is 18.4 Å². The monoisotopic (exact) mass is 408 g/mol. The van der Waals surface area contributed by atoms with Crippen LogP contribution in [0.25, 0.3) is 0 Å². The number of amides is 6.